The molecule has 9 heteroatoms. The Balaban J connectivity index is 1.91. The van der Waals surface area contributed by atoms with Gasteiger partial charge in [-0.1, -0.05) is 12.1 Å². The van der Waals surface area contributed by atoms with E-state index in [9.17, 15) is 17.6 Å². The molecule has 0 aliphatic rings. The minimum absolute atomic E-state index is 0.217. The van der Waals surface area contributed by atoms with Gasteiger partial charge in [0, 0.05) is 20.6 Å². The highest BCUT2D eigenvalue weighted by atomic mass is 32.2. The zero-order valence-electron chi connectivity index (χ0n) is 17.5. The maximum atomic E-state index is 13.2. The first-order valence-corrected chi connectivity index (χ1v) is 11.1. The molecule has 164 valence electrons. The summed E-state index contributed by atoms with van der Waals surface area (Å²) in [5, 5.41) is 2.74. The fourth-order valence-corrected chi connectivity index (χ4v) is 3.80. The fraction of sp³-hybridized carbons (Fsp3) is 0.381. The first-order valence-electron chi connectivity index (χ1n) is 9.68. The molecule has 2 aromatic rings. The van der Waals surface area contributed by atoms with Crippen LogP contribution in [0.5, 0.6) is 5.75 Å². The molecule has 0 radical (unpaired) electrons. The molecule has 2 aromatic carbocycles. The van der Waals surface area contributed by atoms with Crippen LogP contribution >= 0.6 is 0 Å². The van der Waals surface area contributed by atoms with Gasteiger partial charge in [-0.2, -0.15) is 12.7 Å². The molecular weight excluding hydrogens is 409 g/mol. The number of nitrogens with zero attached hydrogens (tertiary/aromatic N) is 2. The number of carbonyl (C=O) groups is 1. The van der Waals surface area contributed by atoms with Crippen LogP contribution in [0.4, 0.5) is 10.1 Å². The van der Waals surface area contributed by atoms with Crippen LogP contribution < -0.4 is 14.4 Å². The van der Waals surface area contributed by atoms with Gasteiger partial charge in [-0.05, 0) is 61.7 Å². The smallest absolute Gasteiger partial charge is 0.304 e. The summed E-state index contributed by atoms with van der Waals surface area (Å²) >= 11 is 0. The van der Waals surface area contributed by atoms with E-state index in [0.717, 1.165) is 38.5 Å². The Labute approximate surface area is 177 Å². The van der Waals surface area contributed by atoms with Crippen molar-refractivity contribution in [2.45, 2.75) is 19.8 Å². The molecule has 2 rings (SSSR count). The number of hydrogen-bond acceptors (Lipinski definition) is 4. The van der Waals surface area contributed by atoms with E-state index in [1.54, 1.807) is 0 Å². The average Bonchev–Trinajstić information content (AvgIpc) is 2.71. The van der Waals surface area contributed by atoms with E-state index in [-0.39, 0.29) is 5.69 Å². The van der Waals surface area contributed by atoms with Gasteiger partial charge in [-0.3, -0.25) is 4.79 Å². The summed E-state index contributed by atoms with van der Waals surface area (Å²) in [6.45, 7) is 2.56. The molecule has 0 spiro atoms. The number of hydrogen-bond donors (Lipinski definition) is 1. The van der Waals surface area contributed by atoms with Crippen molar-refractivity contribution in [1.29, 1.82) is 0 Å². The predicted molar refractivity (Wildman–Crippen MR) is 115 cm³/mol. The average molecular weight is 438 g/mol. The Hall–Kier alpha value is -2.65. The minimum Gasteiger partial charge on any atom is -0.494 e. The van der Waals surface area contributed by atoms with E-state index >= 15 is 0 Å². The molecule has 0 aromatic heterocycles. The summed E-state index contributed by atoms with van der Waals surface area (Å²) in [5.74, 6) is -0.103. The number of anilines is 1. The lowest BCUT2D eigenvalue weighted by Gasteiger charge is -2.26. The van der Waals surface area contributed by atoms with Crippen molar-refractivity contribution < 1.29 is 22.3 Å². The van der Waals surface area contributed by atoms with E-state index in [2.05, 4.69) is 5.32 Å². The standard InChI is InChI=1S/C21H28FN3O4S/c1-4-29-20-13-7-17(8-14-20)6-5-15-23-21(26)16-25(30(27,28)24(2)3)19-11-9-18(22)10-12-19/h7-14H,4-6,15-16H2,1-3H3,(H,23,26). The van der Waals surface area contributed by atoms with Crippen LogP contribution in [0.2, 0.25) is 0 Å². The highest BCUT2D eigenvalue weighted by molar-refractivity contribution is 7.90. The molecule has 1 amide bonds. The topological polar surface area (TPSA) is 79.0 Å². The van der Waals surface area contributed by atoms with Crippen molar-refractivity contribution in [1.82, 2.24) is 9.62 Å². The lowest BCUT2D eigenvalue weighted by Crippen LogP contribution is -2.46. The van der Waals surface area contributed by atoms with Crippen molar-refractivity contribution in [3.05, 3.63) is 59.9 Å². The van der Waals surface area contributed by atoms with E-state index in [1.807, 2.05) is 31.2 Å². The highest BCUT2D eigenvalue weighted by Crippen LogP contribution is 2.19. The van der Waals surface area contributed by atoms with Crippen LogP contribution in [-0.2, 0) is 21.4 Å². The molecular formula is C21H28FN3O4S. The Morgan fingerprint density at radius 2 is 1.70 bits per heavy atom. The molecule has 0 atom stereocenters. The van der Waals surface area contributed by atoms with Crippen LogP contribution in [-0.4, -0.2) is 52.4 Å². The summed E-state index contributed by atoms with van der Waals surface area (Å²) in [5.41, 5.74) is 1.34. The second-order valence-electron chi connectivity index (χ2n) is 6.80. The first-order chi connectivity index (χ1) is 14.2. The molecule has 0 unspecified atom stereocenters. The number of ether oxygens (including phenoxy) is 1. The third kappa shape index (κ3) is 6.70. The number of rotatable bonds is 11. The van der Waals surface area contributed by atoms with Crippen molar-refractivity contribution >= 4 is 21.8 Å². The number of halogens is 1. The second kappa shape index (κ2) is 10.9. The maximum absolute atomic E-state index is 13.2. The molecule has 0 aliphatic carbocycles. The molecule has 0 fully saturated rings. The van der Waals surface area contributed by atoms with Gasteiger partial charge in [0.15, 0.2) is 0 Å². The molecule has 1 N–H and O–H groups in total. The monoisotopic (exact) mass is 437 g/mol. The third-order valence-corrected chi connectivity index (χ3v) is 6.16. The largest absolute Gasteiger partial charge is 0.494 e. The van der Waals surface area contributed by atoms with Crippen molar-refractivity contribution in [2.24, 2.45) is 0 Å². The van der Waals surface area contributed by atoms with Gasteiger partial charge >= 0.3 is 10.2 Å². The third-order valence-electron chi connectivity index (χ3n) is 4.34. The molecule has 0 heterocycles. The fourth-order valence-electron chi connectivity index (χ4n) is 2.74. The molecule has 0 bridgehead atoms. The van der Waals surface area contributed by atoms with Gasteiger partial charge in [-0.15, -0.1) is 0 Å². The number of carbonyl (C=O) groups excluding carboxylic acids is 1. The van der Waals surface area contributed by atoms with E-state index in [4.69, 9.17) is 4.74 Å². The van der Waals surface area contributed by atoms with Crippen LogP contribution in [0, 0.1) is 5.82 Å². The molecule has 0 saturated heterocycles. The lowest BCUT2D eigenvalue weighted by molar-refractivity contribution is -0.119. The SMILES string of the molecule is CCOc1ccc(CCCNC(=O)CN(c2ccc(F)cc2)S(=O)(=O)N(C)C)cc1. The highest BCUT2D eigenvalue weighted by Gasteiger charge is 2.27. The van der Waals surface area contributed by atoms with Gasteiger partial charge in [0.05, 0.1) is 12.3 Å². The van der Waals surface area contributed by atoms with Crippen LogP contribution in [0.3, 0.4) is 0 Å². The van der Waals surface area contributed by atoms with Crippen LogP contribution in [0.25, 0.3) is 0 Å². The summed E-state index contributed by atoms with van der Waals surface area (Å²) in [6, 6.07) is 12.7. The van der Waals surface area contributed by atoms with Crippen molar-refractivity contribution in [3.63, 3.8) is 0 Å². The Kier molecular flexibility index (Phi) is 8.61. The number of nitrogens with one attached hydrogen (secondary N) is 1. The summed E-state index contributed by atoms with van der Waals surface area (Å²) in [4.78, 5) is 12.4. The van der Waals surface area contributed by atoms with Crippen LogP contribution in [0.1, 0.15) is 18.9 Å². The van der Waals surface area contributed by atoms with Gasteiger partial charge in [0.25, 0.3) is 0 Å². The Morgan fingerprint density at radius 3 is 2.27 bits per heavy atom. The number of amides is 1. The lowest BCUT2D eigenvalue weighted by atomic mass is 10.1. The zero-order chi connectivity index (χ0) is 22.1. The van der Waals surface area contributed by atoms with E-state index in [0.29, 0.717) is 19.6 Å². The summed E-state index contributed by atoms with van der Waals surface area (Å²) in [6.07, 6.45) is 1.47. The Morgan fingerprint density at radius 1 is 1.07 bits per heavy atom. The van der Waals surface area contributed by atoms with Crippen molar-refractivity contribution in [2.75, 3.05) is 38.1 Å². The summed E-state index contributed by atoms with van der Waals surface area (Å²) < 4.78 is 45.8. The molecule has 0 saturated carbocycles. The maximum Gasteiger partial charge on any atom is 0.304 e. The van der Waals surface area contributed by atoms with Crippen molar-refractivity contribution in [3.8, 4) is 5.75 Å². The Bertz CT molecular complexity index is 916. The van der Waals surface area contributed by atoms with Gasteiger partial charge in [0.2, 0.25) is 5.91 Å². The summed E-state index contributed by atoms with van der Waals surface area (Å²) in [7, 11) is -1.16. The molecule has 7 nitrogen and oxygen atoms in total. The zero-order valence-corrected chi connectivity index (χ0v) is 18.3. The molecule has 0 aliphatic heterocycles. The first kappa shape index (κ1) is 23.6. The quantitative estimate of drug-likeness (QED) is 0.548. The van der Waals surface area contributed by atoms with Crippen LogP contribution in [0.15, 0.2) is 48.5 Å². The second-order valence-corrected chi connectivity index (χ2v) is 8.87. The number of aryl methyl sites for hydroxylation is 1. The van der Waals surface area contributed by atoms with Gasteiger partial charge < -0.3 is 10.1 Å². The van der Waals surface area contributed by atoms with Gasteiger partial charge in [0.1, 0.15) is 18.1 Å². The normalized spacial score (nSPS) is 11.4. The minimum atomic E-state index is -3.91. The van der Waals surface area contributed by atoms with E-state index in [1.165, 1.54) is 26.2 Å². The number of benzene rings is 2. The van der Waals surface area contributed by atoms with E-state index < -0.39 is 28.5 Å². The molecule has 30 heavy (non-hydrogen) atoms. The predicted octanol–water partition coefficient (Wildman–Crippen LogP) is 2.59. The van der Waals surface area contributed by atoms with Gasteiger partial charge in [-0.25, -0.2) is 8.70 Å².